The van der Waals surface area contributed by atoms with Crippen molar-refractivity contribution in [2.24, 2.45) is 0 Å². The fourth-order valence-corrected chi connectivity index (χ4v) is 9.75. The molecule has 0 spiro atoms. The van der Waals surface area contributed by atoms with E-state index in [9.17, 15) is 0 Å². The molecule has 0 saturated heterocycles. The lowest BCUT2D eigenvalue weighted by molar-refractivity contribution is 0.669. The van der Waals surface area contributed by atoms with Crippen molar-refractivity contribution in [2.75, 3.05) is 4.90 Å². The first-order chi connectivity index (χ1) is 30.2. The molecular weight excluding hydrogens is 765 g/mol. The molecule has 5 nitrogen and oxygen atoms in total. The van der Waals surface area contributed by atoms with Gasteiger partial charge >= 0.3 is 0 Å². The van der Waals surface area contributed by atoms with Crippen LogP contribution < -0.4 is 4.90 Å². The summed E-state index contributed by atoms with van der Waals surface area (Å²) >= 11 is 1.82. The van der Waals surface area contributed by atoms with Crippen LogP contribution in [0.2, 0.25) is 0 Å². The molecule has 0 fully saturated rings. The Morgan fingerprint density at radius 1 is 0.377 bits per heavy atom. The smallest absolute Gasteiger partial charge is 0.164 e. The molecule has 61 heavy (non-hydrogen) atoms. The first kappa shape index (κ1) is 35.1. The largest absolute Gasteiger partial charge is 0.456 e. The number of hydrogen-bond acceptors (Lipinski definition) is 6. The van der Waals surface area contributed by atoms with Crippen LogP contribution >= 0.6 is 11.3 Å². The number of hydrogen-bond donors (Lipinski definition) is 0. The third kappa shape index (κ3) is 6.12. The van der Waals surface area contributed by atoms with Gasteiger partial charge in [-0.25, -0.2) is 15.0 Å². The van der Waals surface area contributed by atoms with Crippen molar-refractivity contribution in [1.29, 1.82) is 0 Å². The lowest BCUT2D eigenvalue weighted by Crippen LogP contribution is -2.11. The van der Waals surface area contributed by atoms with Gasteiger partial charge in [-0.3, -0.25) is 0 Å². The summed E-state index contributed by atoms with van der Waals surface area (Å²) in [5, 5.41) is 6.65. The van der Waals surface area contributed by atoms with Gasteiger partial charge in [0.1, 0.15) is 11.2 Å². The van der Waals surface area contributed by atoms with Gasteiger partial charge in [0, 0.05) is 59.4 Å². The Bertz CT molecular complexity index is 3600. The van der Waals surface area contributed by atoms with Gasteiger partial charge in [-0.1, -0.05) is 152 Å². The predicted molar refractivity (Wildman–Crippen MR) is 254 cm³/mol. The average Bonchev–Trinajstić information content (AvgIpc) is 3.91. The van der Waals surface area contributed by atoms with Gasteiger partial charge in [-0.05, 0) is 70.4 Å². The molecule has 0 radical (unpaired) electrons. The van der Waals surface area contributed by atoms with E-state index in [2.05, 4.69) is 181 Å². The van der Waals surface area contributed by atoms with Crippen molar-refractivity contribution >= 4 is 81.3 Å². The molecule has 3 aromatic heterocycles. The van der Waals surface area contributed by atoms with E-state index in [1.807, 2.05) is 41.7 Å². The van der Waals surface area contributed by atoms with Crippen LogP contribution in [0.4, 0.5) is 17.1 Å². The van der Waals surface area contributed by atoms with Crippen molar-refractivity contribution in [3.8, 4) is 45.3 Å². The lowest BCUT2D eigenvalue weighted by atomic mass is 10.0. The van der Waals surface area contributed by atoms with Crippen molar-refractivity contribution in [2.45, 2.75) is 0 Å². The van der Waals surface area contributed by atoms with E-state index >= 15 is 0 Å². The quantitative estimate of drug-likeness (QED) is 0.161. The van der Waals surface area contributed by atoms with Gasteiger partial charge in [0.15, 0.2) is 17.5 Å². The maximum Gasteiger partial charge on any atom is 0.164 e. The standard InChI is InChI=1S/C55H34N4OS/c1-3-14-35(15-4-1)37-28-30-41(31-29-37)59(46-22-13-25-50-52(46)44-21-10-12-24-49(44)61-50)42-33-45(51-43-20-9-11-23-47(43)60-48(51)34-42)55-57-53(38-17-5-2-6-18-38)56-54(58-55)40-27-26-36-16-7-8-19-39(36)32-40/h1-34H. The summed E-state index contributed by atoms with van der Waals surface area (Å²) in [6.07, 6.45) is 0. The zero-order valence-electron chi connectivity index (χ0n) is 32.7. The van der Waals surface area contributed by atoms with Crippen LogP contribution in [0.3, 0.4) is 0 Å². The molecule has 286 valence electrons. The number of nitrogens with zero attached hydrogens (tertiary/aromatic N) is 4. The SMILES string of the molecule is c1ccc(-c2ccc(N(c3cc(-c4nc(-c5ccccc5)nc(-c5ccc6ccccc6c5)n4)c4c(c3)oc3ccccc34)c3cccc4sc5ccccc5c34)cc2)cc1. The molecule has 0 aliphatic heterocycles. The maximum atomic E-state index is 6.78. The topological polar surface area (TPSA) is 55.1 Å². The molecule has 12 rings (SSSR count). The molecule has 0 atom stereocenters. The summed E-state index contributed by atoms with van der Waals surface area (Å²) in [5.74, 6) is 1.76. The molecule has 0 amide bonds. The van der Waals surface area contributed by atoms with E-state index in [0.717, 1.165) is 72.0 Å². The summed E-state index contributed by atoms with van der Waals surface area (Å²) in [6.45, 7) is 0. The number of anilines is 3. The highest BCUT2D eigenvalue weighted by molar-refractivity contribution is 7.26. The molecule has 12 aromatic rings. The number of furan rings is 1. The van der Waals surface area contributed by atoms with Crippen LogP contribution in [-0.4, -0.2) is 15.0 Å². The minimum atomic E-state index is 0.564. The molecular formula is C55H34N4OS. The summed E-state index contributed by atoms with van der Waals surface area (Å²) in [5.41, 5.74) is 9.55. The normalized spacial score (nSPS) is 11.6. The number of fused-ring (bicyclic) bond motifs is 7. The van der Waals surface area contributed by atoms with Crippen LogP contribution in [0, 0.1) is 0 Å². The number of para-hydroxylation sites is 1. The van der Waals surface area contributed by atoms with Crippen molar-refractivity contribution in [3.05, 3.63) is 206 Å². The molecule has 0 aliphatic rings. The van der Waals surface area contributed by atoms with Crippen LogP contribution in [0.15, 0.2) is 211 Å². The van der Waals surface area contributed by atoms with Crippen LogP contribution in [0.25, 0.3) is 98.2 Å². The Balaban J connectivity index is 1.14. The highest BCUT2D eigenvalue weighted by Gasteiger charge is 2.24. The molecule has 0 unspecified atom stereocenters. The minimum absolute atomic E-state index is 0.564. The van der Waals surface area contributed by atoms with Crippen LogP contribution in [0.5, 0.6) is 0 Å². The van der Waals surface area contributed by atoms with Gasteiger partial charge < -0.3 is 9.32 Å². The van der Waals surface area contributed by atoms with Gasteiger partial charge in [0.05, 0.1) is 11.4 Å². The number of benzene rings is 9. The molecule has 3 heterocycles. The third-order valence-corrected chi connectivity index (χ3v) is 12.6. The van der Waals surface area contributed by atoms with E-state index in [-0.39, 0.29) is 0 Å². The van der Waals surface area contributed by atoms with Gasteiger partial charge in [0.2, 0.25) is 0 Å². The molecule has 9 aromatic carbocycles. The number of thiophene rings is 1. The minimum Gasteiger partial charge on any atom is -0.456 e. The molecule has 0 bridgehead atoms. The lowest BCUT2D eigenvalue weighted by Gasteiger charge is -2.27. The molecule has 0 N–H and O–H groups in total. The molecule has 0 saturated carbocycles. The fourth-order valence-electron chi connectivity index (χ4n) is 8.62. The fraction of sp³-hybridized carbons (Fsp3) is 0. The Labute approximate surface area is 355 Å². The van der Waals surface area contributed by atoms with Crippen LogP contribution in [0.1, 0.15) is 0 Å². The molecule has 6 heteroatoms. The monoisotopic (exact) mass is 798 g/mol. The first-order valence-corrected chi connectivity index (χ1v) is 21.2. The zero-order valence-corrected chi connectivity index (χ0v) is 33.6. The summed E-state index contributed by atoms with van der Waals surface area (Å²) in [6, 6.07) is 72.2. The second kappa shape index (κ2) is 14.4. The van der Waals surface area contributed by atoms with E-state index in [1.54, 1.807) is 0 Å². The third-order valence-electron chi connectivity index (χ3n) is 11.5. The van der Waals surface area contributed by atoms with Crippen LogP contribution in [-0.2, 0) is 0 Å². The van der Waals surface area contributed by atoms with Gasteiger partial charge in [-0.15, -0.1) is 11.3 Å². The highest BCUT2D eigenvalue weighted by Crippen LogP contribution is 2.48. The average molecular weight is 799 g/mol. The first-order valence-electron chi connectivity index (χ1n) is 20.3. The van der Waals surface area contributed by atoms with Gasteiger partial charge in [0.25, 0.3) is 0 Å². The summed E-state index contributed by atoms with van der Waals surface area (Å²) in [4.78, 5) is 18.1. The van der Waals surface area contributed by atoms with E-state index in [0.29, 0.717) is 17.5 Å². The van der Waals surface area contributed by atoms with Crippen molar-refractivity contribution < 1.29 is 4.42 Å². The summed E-state index contributed by atoms with van der Waals surface area (Å²) in [7, 11) is 0. The Hall–Kier alpha value is -7.93. The van der Waals surface area contributed by atoms with Crippen molar-refractivity contribution in [1.82, 2.24) is 15.0 Å². The second-order valence-corrected chi connectivity index (χ2v) is 16.3. The second-order valence-electron chi connectivity index (χ2n) is 15.2. The zero-order chi connectivity index (χ0) is 40.3. The Morgan fingerprint density at radius 3 is 1.82 bits per heavy atom. The summed E-state index contributed by atoms with van der Waals surface area (Å²) < 4.78 is 9.25. The number of aromatic nitrogens is 3. The van der Waals surface area contributed by atoms with E-state index < -0.39 is 0 Å². The Morgan fingerprint density at radius 2 is 1.00 bits per heavy atom. The highest BCUT2D eigenvalue weighted by atomic mass is 32.1. The van der Waals surface area contributed by atoms with Gasteiger partial charge in [-0.2, -0.15) is 0 Å². The number of rotatable bonds is 7. The predicted octanol–water partition coefficient (Wildman–Crippen LogP) is 15.4. The van der Waals surface area contributed by atoms with Crippen molar-refractivity contribution in [3.63, 3.8) is 0 Å². The maximum absolute atomic E-state index is 6.78. The molecule has 0 aliphatic carbocycles. The Kier molecular flexibility index (Phi) is 8.28. The van der Waals surface area contributed by atoms with E-state index in [1.165, 1.54) is 25.7 Å². The van der Waals surface area contributed by atoms with E-state index in [4.69, 9.17) is 19.4 Å².